The Morgan fingerprint density at radius 3 is 2.50 bits per heavy atom. The Morgan fingerprint density at radius 1 is 1.00 bits per heavy atom. The molecular formula is C22H31F2N3O. The van der Waals surface area contributed by atoms with Crippen molar-refractivity contribution in [2.45, 2.75) is 55.8 Å². The quantitative estimate of drug-likeness (QED) is 0.789. The Hall–Kier alpha value is -1.08. The number of piperazine rings is 1. The first-order chi connectivity index (χ1) is 13.5. The van der Waals surface area contributed by atoms with Crippen molar-refractivity contribution in [3.05, 3.63) is 35.9 Å². The maximum Gasteiger partial charge on any atom is 0.248 e. The van der Waals surface area contributed by atoms with Crippen molar-refractivity contribution < 1.29 is 13.5 Å². The third-order valence-electron chi connectivity index (χ3n) is 7.27. The molecule has 3 heterocycles. The number of hydrogen-bond donors (Lipinski definition) is 0. The largest absolute Gasteiger partial charge is 0.378 e. The van der Waals surface area contributed by atoms with Crippen LogP contribution >= 0.6 is 0 Å². The number of benzene rings is 1. The van der Waals surface area contributed by atoms with Crippen LogP contribution in [-0.4, -0.2) is 84.2 Å². The number of alkyl halides is 2. The second kappa shape index (κ2) is 7.31. The molecule has 1 aromatic carbocycles. The number of halogens is 2. The lowest BCUT2D eigenvalue weighted by Gasteiger charge is -2.65. The summed E-state index contributed by atoms with van der Waals surface area (Å²) in [6.07, 6.45) is 1.40. The van der Waals surface area contributed by atoms with E-state index < -0.39 is 5.92 Å². The van der Waals surface area contributed by atoms with Crippen molar-refractivity contribution in [1.29, 1.82) is 0 Å². The molecule has 154 valence electrons. The van der Waals surface area contributed by atoms with E-state index in [0.29, 0.717) is 24.9 Å². The van der Waals surface area contributed by atoms with Crippen molar-refractivity contribution in [1.82, 2.24) is 14.7 Å². The minimum atomic E-state index is -2.44. The lowest BCUT2D eigenvalue weighted by molar-refractivity contribution is -0.180. The van der Waals surface area contributed by atoms with Gasteiger partial charge in [0.1, 0.15) is 0 Å². The average Bonchev–Trinajstić information content (AvgIpc) is 2.67. The lowest BCUT2D eigenvalue weighted by Crippen LogP contribution is -2.81. The minimum absolute atomic E-state index is 0.0570. The highest BCUT2D eigenvalue weighted by molar-refractivity contribution is 5.17. The zero-order valence-electron chi connectivity index (χ0n) is 16.5. The van der Waals surface area contributed by atoms with E-state index in [-0.39, 0.29) is 18.4 Å². The first-order valence-electron chi connectivity index (χ1n) is 10.8. The van der Waals surface area contributed by atoms with Crippen molar-refractivity contribution in [2.24, 2.45) is 0 Å². The molecule has 4 fully saturated rings. The van der Waals surface area contributed by atoms with Crippen molar-refractivity contribution in [3.63, 3.8) is 0 Å². The predicted octanol–water partition coefficient (Wildman–Crippen LogP) is 2.84. The van der Waals surface area contributed by atoms with E-state index in [1.807, 2.05) is 0 Å². The maximum absolute atomic E-state index is 13.5. The molecular weight excluding hydrogens is 360 g/mol. The van der Waals surface area contributed by atoms with Gasteiger partial charge in [-0.05, 0) is 18.4 Å². The fourth-order valence-electron chi connectivity index (χ4n) is 5.90. The Balaban J connectivity index is 1.27. The van der Waals surface area contributed by atoms with E-state index in [1.165, 1.54) is 5.56 Å². The van der Waals surface area contributed by atoms with Gasteiger partial charge in [-0.15, -0.1) is 0 Å². The number of hydrogen-bond acceptors (Lipinski definition) is 4. The zero-order chi connectivity index (χ0) is 19.2. The summed E-state index contributed by atoms with van der Waals surface area (Å²) >= 11 is 0. The van der Waals surface area contributed by atoms with Crippen molar-refractivity contribution in [3.8, 4) is 0 Å². The van der Waals surface area contributed by atoms with E-state index >= 15 is 0 Å². The van der Waals surface area contributed by atoms with Gasteiger partial charge in [-0.25, -0.2) is 8.78 Å². The molecule has 1 atom stereocenters. The first-order valence-corrected chi connectivity index (χ1v) is 10.8. The molecule has 1 saturated carbocycles. The molecule has 4 aliphatic rings. The van der Waals surface area contributed by atoms with Gasteiger partial charge in [-0.1, -0.05) is 30.3 Å². The molecule has 0 bridgehead atoms. The summed E-state index contributed by atoms with van der Waals surface area (Å²) in [5.41, 5.74) is 1.52. The van der Waals surface area contributed by atoms with Gasteiger partial charge < -0.3 is 4.74 Å². The Labute approximate surface area is 166 Å². The van der Waals surface area contributed by atoms with Crippen LogP contribution in [0.1, 0.15) is 31.2 Å². The molecule has 28 heavy (non-hydrogen) atoms. The Morgan fingerprint density at radius 2 is 1.75 bits per heavy atom. The number of likely N-dealkylation sites (tertiary alicyclic amines) is 1. The van der Waals surface area contributed by atoms with Gasteiger partial charge in [-0.2, -0.15) is 0 Å². The summed E-state index contributed by atoms with van der Waals surface area (Å²) in [5, 5.41) is 0. The molecule has 0 radical (unpaired) electrons. The molecule has 6 heteroatoms. The normalized spacial score (nSPS) is 31.4. The van der Waals surface area contributed by atoms with E-state index in [0.717, 1.165) is 52.5 Å². The highest BCUT2D eigenvalue weighted by atomic mass is 19.3. The van der Waals surface area contributed by atoms with Gasteiger partial charge in [0, 0.05) is 64.2 Å². The molecule has 0 amide bonds. The standard InChI is InChI=1S/C22H31F2N3O/c23-22(24)8-6-19(7-9-22)26-16-21(17-26)15-25(12-18-4-2-1-3-5-18)13-20-14-28-11-10-27(20)21/h1-5,19-20H,6-17H2. The highest BCUT2D eigenvalue weighted by Gasteiger charge is 2.55. The van der Waals surface area contributed by atoms with Crippen LogP contribution in [0.2, 0.25) is 0 Å². The van der Waals surface area contributed by atoms with Crippen LogP contribution in [0.5, 0.6) is 0 Å². The topological polar surface area (TPSA) is 19.0 Å². The smallest absolute Gasteiger partial charge is 0.248 e. The molecule has 5 rings (SSSR count). The van der Waals surface area contributed by atoms with E-state index in [4.69, 9.17) is 4.74 Å². The second-order valence-corrected chi connectivity index (χ2v) is 9.29. The summed E-state index contributed by atoms with van der Waals surface area (Å²) in [7, 11) is 0. The van der Waals surface area contributed by atoms with Gasteiger partial charge >= 0.3 is 0 Å². The van der Waals surface area contributed by atoms with Gasteiger partial charge in [0.2, 0.25) is 5.92 Å². The number of fused-ring (bicyclic) bond motifs is 2. The SMILES string of the molecule is FC1(F)CCC(N2CC3(CN(Cc4ccccc4)CC4COCCN43)C2)CC1. The molecule has 0 N–H and O–H groups in total. The molecule has 1 aromatic rings. The van der Waals surface area contributed by atoms with E-state index in [2.05, 4.69) is 45.0 Å². The number of rotatable bonds is 3. The monoisotopic (exact) mass is 391 g/mol. The van der Waals surface area contributed by atoms with Crippen molar-refractivity contribution in [2.75, 3.05) is 45.9 Å². The number of nitrogens with zero attached hydrogens (tertiary/aromatic N) is 3. The maximum atomic E-state index is 13.5. The first kappa shape index (κ1) is 18.9. The molecule has 1 spiro atoms. The van der Waals surface area contributed by atoms with Crippen LogP contribution < -0.4 is 0 Å². The molecule has 3 saturated heterocycles. The summed E-state index contributed by atoms with van der Waals surface area (Å²) in [5.74, 6) is -2.44. The summed E-state index contributed by atoms with van der Waals surface area (Å²) in [4.78, 5) is 7.75. The molecule has 1 unspecified atom stereocenters. The van der Waals surface area contributed by atoms with Gasteiger partial charge in [0.15, 0.2) is 0 Å². The van der Waals surface area contributed by atoms with Crippen LogP contribution in [0.15, 0.2) is 30.3 Å². The van der Waals surface area contributed by atoms with Crippen LogP contribution in [0.4, 0.5) is 8.78 Å². The Kier molecular flexibility index (Phi) is 4.94. The molecule has 0 aromatic heterocycles. The van der Waals surface area contributed by atoms with Gasteiger partial charge in [-0.3, -0.25) is 14.7 Å². The van der Waals surface area contributed by atoms with Crippen LogP contribution in [0.25, 0.3) is 0 Å². The average molecular weight is 392 g/mol. The highest BCUT2D eigenvalue weighted by Crippen LogP contribution is 2.42. The molecule has 1 aliphatic carbocycles. The van der Waals surface area contributed by atoms with Gasteiger partial charge in [0.05, 0.1) is 18.8 Å². The van der Waals surface area contributed by atoms with Gasteiger partial charge in [0.25, 0.3) is 0 Å². The van der Waals surface area contributed by atoms with Crippen LogP contribution in [0, 0.1) is 0 Å². The van der Waals surface area contributed by atoms with Crippen LogP contribution in [0.3, 0.4) is 0 Å². The molecule has 3 aliphatic heterocycles. The number of morpholine rings is 1. The summed E-state index contributed by atoms with van der Waals surface area (Å²) < 4.78 is 32.9. The van der Waals surface area contributed by atoms with Crippen molar-refractivity contribution >= 4 is 0 Å². The van der Waals surface area contributed by atoms with E-state index in [9.17, 15) is 8.78 Å². The zero-order valence-corrected chi connectivity index (χ0v) is 16.5. The lowest BCUT2D eigenvalue weighted by atomic mass is 9.79. The van der Waals surface area contributed by atoms with Crippen LogP contribution in [-0.2, 0) is 11.3 Å². The van der Waals surface area contributed by atoms with E-state index in [1.54, 1.807) is 0 Å². The fourth-order valence-corrected chi connectivity index (χ4v) is 5.90. The number of ether oxygens (including phenoxy) is 1. The summed E-state index contributed by atoms with van der Waals surface area (Å²) in [6, 6.07) is 11.5. The Bertz CT molecular complexity index is 670. The molecule has 4 nitrogen and oxygen atoms in total. The second-order valence-electron chi connectivity index (χ2n) is 9.29. The third-order valence-corrected chi connectivity index (χ3v) is 7.27. The minimum Gasteiger partial charge on any atom is -0.378 e. The predicted molar refractivity (Wildman–Crippen MR) is 105 cm³/mol. The fraction of sp³-hybridized carbons (Fsp3) is 0.727. The third kappa shape index (κ3) is 3.60. The summed E-state index contributed by atoms with van der Waals surface area (Å²) in [6.45, 7) is 7.75.